The topological polar surface area (TPSA) is 126 Å². The number of aryl methyl sites for hydroxylation is 1. The number of carbonyl (C=O) groups excluding carboxylic acids is 2. The molecule has 0 aliphatic carbocycles. The number of hydrogen-bond donors (Lipinski definition) is 1. The molecule has 1 unspecified atom stereocenters. The molecule has 3 aliphatic rings. The fraction of sp³-hybridized carbons (Fsp3) is 0.350. The van der Waals surface area contributed by atoms with Crippen LogP contribution in [-0.2, 0) is 16.1 Å². The normalized spacial score (nSPS) is 19.6. The number of anilines is 2. The number of imide groups is 1. The highest BCUT2D eigenvalue weighted by atomic mass is 19.1. The molecule has 9 rings (SSSR count). The van der Waals surface area contributed by atoms with Crippen LogP contribution in [0.3, 0.4) is 0 Å². The van der Waals surface area contributed by atoms with Crippen molar-refractivity contribution in [2.24, 2.45) is 0 Å². The Balaban J connectivity index is 0.856. The van der Waals surface area contributed by atoms with Gasteiger partial charge in [-0.3, -0.25) is 28.9 Å². The van der Waals surface area contributed by atoms with Gasteiger partial charge in [-0.15, -0.1) is 5.10 Å². The standard InChI is InChI=1S/C40H41FN10O3/c41-28-8-3-7-27(25-28)30-12-5-19-48(30)37-16-15-35-42-26-34(51(35)45-37)29-9-4-13-36(43-29)47-23-21-46(22-24-47)18-6-20-49-31-10-1-2-11-32(31)50(40(49)54)33-14-17-38(52)44-39(33)53/h1-4,7-11,13,15-16,25-26,30,33H,5-6,12,14,17-24H2,(H,44,52,53)/t30-,33?/m1/s1. The average Bonchev–Trinajstić information content (AvgIpc) is 3.92. The molecule has 0 saturated carbocycles. The van der Waals surface area contributed by atoms with Crippen LogP contribution >= 0.6 is 0 Å². The average molecular weight is 729 g/mol. The molecule has 0 bridgehead atoms. The number of hydrogen-bond acceptors (Lipinski definition) is 9. The summed E-state index contributed by atoms with van der Waals surface area (Å²) in [6.45, 7) is 5.56. The van der Waals surface area contributed by atoms with Gasteiger partial charge >= 0.3 is 5.69 Å². The van der Waals surface area contributed by atoms with Crippen LogP contribution in [0.25, 0.3) is 28.1 Å². The maximum atomic E-state index is 14.1. The summed E-state index contributed by atoms with van der Waals surface area (Å²) in [6.07, 6.45) is 5.07. The number of piperidine rings is 1. The Kier molecular flexibility index (Phi) is 8.89. The van der Waals surface area contributed by atoms with Crippen molar-refractivity contribution in [3.05, 3.63) is 107 Å². The van der Waals surface area contributed by atoms with Crippen LogP contribution in [0, 0.1) is 5.82 Å². The molecule has 54 heavy (non-hydrogen) atoms. The van der Waals surface area contributed by atoms with Gasteiger partial charge in [0.25, 0.3) is 0 Å². The van der Waals surface area contributed by atoms with Gasteiger partial charge in [-0.1, -0.05) is 30.3 Å². The van der Waals surface area contributed by atoms with Gasteiger partial charge in [0.15, 0.2) is 5.65 Å². The van der Waals surface area contributed by atoms with Crippen LogP contribution in [0.5, 0.6) is 0 Å². The molecule has 4 aromatic heterocycles. The number of aromatic nitrogens is 6. The SMILES string of the molecule is O=C1CCC(n2c(=O)n(CCCN3CCN(c4cccc(-c5cnc6ccc(N7CCC[C@@H]7c7cccc(F)c7)nn56)n4)CC3)c3ccccc32)C(=O)N1. The van der Waals surface area contributed by atoms with E-state index in [0.717, 1.165) is 98.3 Å². The van der Waals surface area contributed by atoms with Gasteiger partial charge < -0.3 is 9.80 Å². The number of halogens is 1. The second-order valence-corrected chi connectivity index (χ2v) is 14.3. The van der Waals surface area contributed by atoms with E-state index in [1.165, 1.54) is 6.07 Å². The summed E-state index contributed by atoms with van der Waals surface area (Å²) in [5.74, 6) is 0.775. The van der Waals surface area contributed by atoms with E-state index in [1.807, 2.05) is 71.4 Å². The maximum absolute atomic E-state index is 14.1. The third-order valence-corrected chi connectivity index (χ3v) is 11.1. The van der Waals surface area contributed by atoms with E-state index in [2.05, 4.69) is 25.0 Å². The van der Waals surface area contributed by atoms with Gasteiger partial charge in [0.05, 0.1) is 29.0 Å². The van der Waals surface area contributed by atoms with Crippen molar-refractivity contribution in [1.29, 1.82) is 0 Å². The van der Waals surface area contributed by atoms with Gasteiger partial charge in [0.2, 0.25) is 11.8 Å². The smallest absolute Gasteiger partial charge is 0.329 e. The summed E-state index contributed by atoms with van der Waals surface area (Å²) >= 11 is 0. The van der Waals surface area contributed by atoms with Gasteiger partial charge in [-0.25, -0.2) is 23.7 Å². The number of piperazine rings is 1. The van der Waals surface area contributed by atoms with Crippen molar-refractivity contribution in [1.82, 2.24) is 38.9 Å². The molecule has 2 amide bonds. The minimum atomic E-state index is -0.696. The number of nitrogens with one attached hydrogen (secondary N) is 1. The van der Waals surface area contributed by atoms with E-state index in [4.69, 9.17) is 10.1 Å². The fourth-order valence-electron chi connectivity index (χ4n) is 8.37. The van der Waals surface area contributed by atoms with E-state index in [0.29, 0.717) is 18.5 Å². The molecule has 3 fully saturated rings. The summed E-state index contributed by atoms with van der Waals surface area (Å²) in [7, 11) is 0. The predicted molar refractivity (Wildman–Crippen MR) is 203 cm³/mol. The first-order valence-electron chi connectivity index (χ1n) is 18.8. The second-order valence-electron chi connectivity index (χ2n) is 14.3. The molecule has 0 spiro atoms. The first kappa shape index (κ1) is 33.9. The predicted octanol–water partition coefficient (Wildman–Crippen LogP) is 4.58. The van der Waals surface area contributed by atoms with Gasteiger partial charge in [-0.2, -0.15) is 0 Å². The van der Waals surface area contributed by atoms with E-state index in [-0.39, 0.29) is 29.9 Å². The zero-order valence-corrected chi connectivity index (χ0v) is 29.9. The Morgan fingerprint density at radius 2 is 1.63 bits per heavy atom. The number of amides is 2. The number of pyridine rings is 1. The molecule has 3 aliphatic heterocycles. The van der Waals surface area contributed by atoms with Crippen LogP contribution in [0.2, 0.25) is 0 Å². The summed E-state index contributed by atoms with van der Waals surface area (Å²) < 4.78 is 19.3. The van der Waals surface area contributed by atoms with Crippen molar-refractivity contribution in [3.63, 3.8) is 0 Å². The molecule has 2 atom stereocenters. The summed E-state index contributed by atoms with van der Waals surface area (Å²) in [6, 6.07) is 23.8. The summed E-state index contributed by atoms with van der Waals surface area (Å²) in [4.78, 5) is 54.7. The highest BCUT2D eigenvalue weighted by molar-refractivity contribution is 6.00. The molecule has 1 N–H and O–H groups in total. The van der Waals surface area contributed by atoms with Gasteiger partial charge in [-0.05, 0) is 86.3 Å². The zero-order chi connectivity index (χ0) is 36.8. The summed E-state index contributed by atoms with van der Waals surface area (Å²) in [5, 5.41) is 7.41. The maximum Gasteiger partial charge on any atom is 0.329 e. The number of para-hydroxylation sites is 2. The van der Waals surface area contributed by atoms with Gasteiger partial charge in [0, 0.05) is 45.7 Å². The molecule has 0 radical (unpaired) electrons. The Morgan fingerprint density at radius 3 is 2.46 bits per heavy atom. The lowest BCUT2D eigenvalue weighted by molar-refractivity contribution is -0.135. The molecular weight excluding hydrogens is 688 g/mol. The monoisotopic (exact) mass is 728 g/mol. The molecule has 13 nitrogen and oxygen atoms in total. The number of rotatable bonds is 9. The number of nitrogens with zero attached hydrogens (tertiary/aromatic N) is 9. The van der Waals surface area contributed by atoms with E-state index < -0.39 is 11.9 Å². The van der Waals surface area contributed by atoms with Crippen LogP contribution in [-0.4, -0.2) is 84.7 Å². The highest BCUT2D eigenvalue weighted by Gasteiger charge is 2.32. The van der Waals surface area contributed by atoms with Crippen molar-refractivity contribution in [2.45, 2.75) is 50.7 Å². The number of carbonyl (C=O) groups is 2. The van der Waals surface area contributed by atoms with Crippen LogP contribution in [0.4, 0.5) is 16.0 Å². The van der Waals surface area contributed by atoms with Gasteiger partial charge in [0.1, 0.15) is 29.2 Å². The van der Waals surface area contributed by atoms with E-state index in [1.54, 1.807) is 21.3 Å². The second kappa shape index (κ2) is 14.2. The highest BCUT2D eigenvalue weighted by Crippen LogP contribution is 2.36. The van der Waals surface area contributed by atoms with Crippen molar-refractivity contribution < 1.29 is 14.0 Å². The van der Waals surface area contributed by atoms with Crippen LogP contribution in [0.1, 0.15) is 49.8 Å². The third-order valence-electron chi connectivity index (χ3n) is 11.1. The molecule has 276 valence electrons. The fourth-order valence-corrected chi connectivity index (χ4v) is 8.37. The Hall–Kier alpha value is -5.89. The minimum Gasteiger partial charge on any atom is -0.354 e. The van der Waals surface area contributed by atoms with Crippen molar-refractivity contribution in [3.8, 4) is 11.4 Å². The van der Waals surface area contributed by atoms with E-state index >= 15 is 0 Å². The first-order valence-corrected chi connectivity index (χ1v) is 18.8. The molecule has 14 heteroatoms. The lowest BCUT2D eigenvalue weighted by Crippen LogP contribution is -2.47. The van der Waals surface area contributed by atoms with Crippen LogP contribution in [0.15, 0.2) is 89.9 Å². The quantitative estimate of drug-likeness (QED) is 0.213. The number of benzene rings is 2. The van der Waals surface area contributed by atoms with Crippen molar-refractivity contribution >= 4 is 40.1 Å². The zero-order valence-electron chi connectivity index (χ0n) is 29.9. The summed E-state index contributed by atoms with van der Waals surface area (Å²) in [5.41, 5.74) is 4.58. The lowest BCUT2D eigenvalue weighted by Gasteiger charge is -2.35. The molecular formula is C40H41FN10O3. The molecule has 7 heterocycles. The third kappa shape index (κ3) is 6.29. The van der Waals surface area contributed by atoms with Crippen LogP contribution < -0.4 is 20.8 Å². The number of imidazole rings is 2. The van der Waals surface area contributed by atoms with Crippen molar-refractivity contribution in [2.75, 3.05) is 49.1 Å². The lowest BCUT2D eigenvalue weighted by atomic mass is 10.0. The molecule has 6 aromatic rings. The Bertz CT molecular complexity index is 2430. The minimum absolute atomic E-state index is 0.0625. The first-order chi connectivity index (χ1) is 26.4. The van der Waals surface area contributed by atoms with E-state index in [9.17, 15) is 18.8 Å². The molecule has 2 aromatic carbocycles. The Morgan fingerprint density at radius 1 is 0.796 bits per heavy atom. The molecule has 3 saturated heterocycles. The Labute approximate surface area is 310 Å². The number of fused-ring (bicyclic) bond motifs is 2. The largest absolute Gasteiger partial charge is 0.354 e.